The number of alkyl halides is 1. The van der Waals surface area contributed by atoms with Crippen molar-refractivity contribution < 1.29 is 9.48 Å². The smallest absolute Gasteiger partial charge is 0.278 e. The molecule has 5 heteroatoms. The average Bonchev–Trinajstić information content (AvgIpc) is 2.55. The summed E-state index contributed by atoms with van der Waals surface area (Å²) in [6.07, 6.45) is 9.02. The molecule has 0 spiro atoms. The molecule has 22 heavy (non-hydrogen) atoms. The van der Waals surface area contributed by atoms with Crippen molar-refractivity contribution in [3.63, 3.8) is 0 Å². The lowest BCUT2D eigenvalue weighted by molar-refractivity contribution is -0.532. The number of carbonyl (C=O) groups excluding carboxylic acids is 1. The van der Waals surface area contributed by atoms with E-state index < -0.39 is 0 Å². The fourth-order valence-electron chi connectivity index (χ4n) is 3.98. The molecular weight excluding hydrogens is 298 g/mol. The Morgan fingerprint density at radius 1 is 1.18 bits per heavy atom. The molecule has 0 aromatic rings. The summed E-state index contributed by atoms with van der Waals surface area (Å²) in [5.74, 6) is 0.291. The van der Waals surface area contributed by atoms with Crippen molar-refractivity contribution in [2.24, 2.45) is 11.0 Å². The van der Waals surface area contributed by atoms with Gasteiger partial charge in [0.05, 0.1) is 5.10 Å². The summed E-state index contributed by atoms with van der Waals surface area (Å²) in [4.78, 5) is 13.1. The molecule has 1 fully saturated rings. The molecule has 0 unspecified atom stereocenters. The summed E-state index contributed by atoms with van der Waals surface area (Å²) in [5, 5.41) is 11.4. The van der Waals surface area contributed by atoms with Gasteiger partial charge >= 0.3 is 0 Å². The number of rotatable bonds is 3. The van der Waals surface area contributed by atoms with E-state index in [0.29, 0.717) is 6.54 Å². The molecule has 0 radical (unpaired) electrons. The SMILES string of the molecule is N=C=N[N+]1=C(C(=O)C2CCC(Cl)CC2)C2=C(CCCC2)CC1. The van der Waals surface area contributed by atoms with Crippen LogP contribution >= 0.6 is 11.6 Å². The van der Waals surface area contributed by atoms with Crippen LogP contribution in [0.15, 0.2) is 16.2 Å². The van der Waals surface area contributed by atoms with E-state index in [2.05, 4.69) is 11.1 Å². The first kappa shape index (κ1) is 15.6. The van der Waals surface area contributed by atoms with Crippen LogP contribution in [0.5, 0.6) is 0 Å². The Labute approximate surface area is 136 Å². The summed E-state index contributed by atoms with van der Waals surface area (Å²) in [7, 11) is 0. The van der Waals surface area contributed by atoms with Crippen LogP contribution in [0.4, 0.5) is 0 Å². The van der Waals surface area contributed by atoms with Crippen molar-refractivity contribution >= 4 is 29.1 Å². The molecule has 1 aliphatic heterocycles. The molecule has 1 saturated carbocycles. The van der Waals surface area contributed by atoms with Crippen molar-refractivity contribution in [1.29, 1.82) is 5.41 Å². The third-order valence-electron chi connectivity index (χ3n) is 5.18. The molecule has 0 aromatic carbocycles. The molecule has 118 valence electrons. The van der Waals surface area contributed by atoms with Crippen LogP contribution in [0.1, 0.15) is 57.8 Å². The standard InChI is InChI=1S/C17H23ClN3O/c18-14-7-5-13(6-8-14)17(22)16-15-4-2-1-3-12(15)9-10-21(16)20-11-19/h13-14,19H,1-10H2/q+1. The van der Waals surface area contributed by atoms with E-state index in [1.165, 1.54) is 17.6 Å². The van der Waals surface area contributed by atoms with Gasteiger partial charge in [-0.25, -0.2) is 5.41 Å². The number of nitrogens with one attached hydrogen (secondary N) is 1. The lowest BCUT2D eigenvalue weighted by Crippen LogP contribution is -2.38. The maximum atomic E-state index is 13.1. The van der Waals surface area contributed by atoms with E-state index >= 15 is 0 Å². The summed E-state index contributed by atoms with van der Waals surface area (Å²) in [6.45, 7) is 0.705. The summed E-state index contributed by atoms with van der Waals surface area (Å²) < 4.78 is 1.73. The number of nitrogens with zero attached hydrogens (tertiary/aromatic N) is 2. The van der Waals surface area contributed by atoms with Gasteiger partial charge in [0.15, 0.2) is 12.6 Å². The van der Waals surface area contributed by atoms with Crippen molar-refractivity contribution in [2.45, 2.75) is 63.2 Å². The first-order chi connectivity index (χ1) is 10.7. The van der Waals surface area contributed by atoms with Gasteiger partial charge in [0.1, 0.15) is 0 Å². The minimum Gasteiger partial charge on any atom is -0.287 e. The van der Waals surface area contributed by atoms with Crippen LogP contribution in [-0.4, -0.2) is 34.1 Å². The lowest BCUT2D eigenvalue weighted by Gasteiger charge is -2.26. The molecule has 0 amide bonds. The van der Waals surface area contributed by atoms with E-state index in [9.17, 15) is 4.79 Å². The molecule has 1 N–H and O–H groups in total. The zero-order valence-electron chi connectivity index (χ0n) is 12.9. The largest absolute Gasteiger partial charge is 0.287 e. The van der Waals surface area contributed by atoms with Crippen LogP contribution < -0.4 is 0 Å². The van der Waals surface area contributed by atoms with E-state index in [-0.39, 0.29) is 17.1 Å². The van der Waals surface area contributed by atoms with Gasteiger partial charge in [-0.15, -0.1) is 11.6 Å². The third kappa shape index (κ3) is 3.09. The third-order valence-corrected chi connectivity index (χ3v) is 5.62. The summed E-state index contributed by atoms with van der Waals surface area (Å²) in [5.41, 5.74) is 3.42. The summed E-state index contributed by atoms with van der Waals surface area (Å²) >= 11 is 6.17. The second-order valence-corrected chi connectivity index (χ2v) is 7.15. The van der Waals surface area contributed by atoms with Gasteiger partial charge in [-0.05, 0) is 51.4 Å². The fraction of sp³-hybridized carbons (Fsp3) is 0.706. The summed E-state index contributed by atoms with van der Waals surface area (Å²) in [6, 6.07) is 2.11. The number of Topliss-reactive ketones (excluding diaryl/α,β-unsaturated/α-hetero) is 1. The maximum Gasteiger partial charge on any atom is 0.278 e. The van der Waals surface area contributed by atoms with Crippen molar-refractivity contribution in [2.75, 3.05) is 6.54 Å². The van der Waals surface area contributed by atoms with Crippen LogP contribution in [0, 0.1) is 11.3 Å². The van der Waals surface area contributed by atoms with E-state index in [1.807, 2.05) is 0 Å². The molecule has 0 atom stereocenters. The Kier molecular flexibility index (Phi) is 4.90. The number of hydrazone groups is 1. The zero-order valence-corrected chi connectivity index (χ0v) is 13.7. The van der Waals surface area contributed by atoms with Gasteiger partial charge in [0, 0.05) is 23.3 Å². The monoisotopic (exact) mass is 320 g/mol. The van der Waals surface area contributed by atoms with Gasteiger partial charge in [-0.2, -0.15) is 0 Å². The number of hydrogen-bond acceptors (Lipinski definition) is 3. The normalized spacial score (nSPS) is 29.0. The van der Waals surface area contributed by atoms with Gasteiger partial charge < -0.3 is 0 Å². The minimum atomic E-state index is 0.0715. The molecule has 1 heterocycles. The lowest BCUT2D eigenvalue weighted by atomic mass is 9.78. The predicted molar refractivity (Wildman–Crippen MR) is 87.0 cm³/mol. The average molecular weight is 321 g/mol. The Balaban J connectivity index is 1.93. The Hall–Kier alpha value is -1.25. The van der Waals surface area contributed by atoms with Gasteiger partial charge in [-0.3, -0.25) is 4.79 Å². The number of halogens is 1. The molecule has 3 rings (SSSR count). The van der Waals surface area contributed by atoms with E-state index in [0.717, 1.165) is 57.1 Å². The van der Waals surface area contributed by atoms with E-state index in [4.69, 9.17) is 17.0 Å². The molecular formula is C17H23ClN3O+. The van der Waals surface area contributed by atoms with Gasteiger partial charge in [0.25, 0.3) is 5.71 Å². The van der Waals surface area contributed by atoms with Gasteiger partial charge in [0.2, 0.25) is 5.78 Å². The topological polar surface area (TPSA) is 56.3 Å². The Morgan fingerprint density at radius 2 is 1.91 bits per heavy atom. The van der Waals surface area contributed by atoms with E-state index in [1.54, 1.807) is 4.68 Å². The fourth-order valence-corrected chi connectivity index (χ4v) is 4.23. The number of ketones is 1. The molecule has 3 aliphatic rings. The Morgan fingerprint density at radius 3 is 2.64 bits per heavy atom. The van der Waals surface area contributed by atoms with Crippen LogP contribution in [-0.2, 0) is 4.79 Å². The first-order valence-corrected chi connectivity index (χ1v) is 8.80. The molecule has 4 nitrogen and oxygen atoms in total. The molecule has 0 bridgehead atoms. The molecule has 2 aliphatic carbocycles. The maximum absolute atomic E-state index is 13.1. The van der Waals surface area contributed by atoms with Gasteiger partial charge in [-0.1, -0.05) is 10.3 Å². The quantitative estimate of drug-likeness (QED) is 0.480. The predicted octanol–water partition coefficient (Wildman–Crippen LogP) is 3.75. The van der Waals surface area contributed by atoms with Crippen molar-refractivity contribution in [1.82, 2.24) is 0 Å². The van der Waals surface area contributed by atoms with Crippen molar-refractivity contribution in [3.05, 3.63) is 11.1 Å². The highest BCUT2D eigenvalue weighted by atomic mass is 35.5. The zero-order chi connectivity index (χ0) is 15.5. The Bertz CT molecular complexity index is 579. The highest BCUT2D eigenvalue weighted by Gasteiger charge is 2.39. The van der Waals surface area contributed by atoms with Crippen LogP contribution in [0.2, 0.25) is 0 Å². The number of hydrogen-bond donors (Lipinski definition) is 1. The van der Waals surface area contributed by atoms with Crippen LogP contribution in [0.3, 0.4) is 0 Å². The minimum absolute atomic E-state index is 0.0715. The highest BCUT2D eigenvalue weighted by molar-refractivity contribution is 6.45. The second kappa shape index (κ2) is 6.89. The number of carbonyl (C=O) groups is 1. The second-order valence-electron chi connectivity index (χ2n) is 6.54. The molecule has 0 aromatic heterocycles. The highest BCUT2D eigenvalue weighted by Crippen LogP contribution is 2.34. The van der Waals surface area contributed by atoms with Crippen LogP contribution in [0.25, 0.3) is 0 Å². The van der Waals surface area contributed by atoms with Crippen molar-refractivity contribution in [3.8, 4) is 0 Å². The number of allylic oxidation sites excluding steroid dienone is 1. The molecule has 0 saturated heterocycles. The first-order valence-electron chi connectivity index (χ1n) is 8.37.